The number of aryl methyl sites for hydroxylation is 1. The lowest BCUT2D eigenvalue weighted by atomic mass is 9.86. The van der Waals surface area contributed by atoms with Crippen molar-refractivity contribution in [2.24, 2.45) is 11.5 Å². The first-order chi connectivity index (χ1) is 14.2. The molecule has 2 fully saturated rings. The molecule has 0 aliphatic carbocycles. The number of rotatable bonds is 6. The minimum absolute atomic E-state index is 0.262. The summed E-state index contributed by atoms with van der Waals surface area (Å²) in [6.45, 7) is 4.28. The molecule has 1 aromatic rings. The molecule has 2 aliphatic rings. The molecule has 2 aliphatic heterocycles. The maximum atomic E-state index is 13.5. The molecule has 164 valence electrons. The molecule has 30 heavy (non-hydrogen) atoms. The van der Waals surface area contributed by atoms with E-state index in [0.29, 0.717) is 45.2 Å². The second-order valence-corrected chi connectivity index (χ2v) is 8.61. The summed E-state index contributed by atoms with van der Waals surface area (Å²) in [7, 11) is 0. The van der Waals surface area contributed by atoms with Gasteiger partial charge >= 0.3 is 0 Å². The monoisotopic (exact) mass is 416 g/mol. The lowest BCUT2D eigenvalue weighted by molar-refractivity contribution is -0.151. The molecule has 5 N–H and O–H groups in total. The van der Waals surface area contributed by atoms with Crippen molar-refractivity contribution in [2.75, 3.05) is 13.1 Å². The standard InChI is InChI=1S/C22H32N4O4/c1-14-6-8-16(9-7-14)13-22(21(24)30)10-4-12-26(22)19(28)17-5-3-11-25(17)20(29)18(23)15(2)27/h6-9,15,17-18,27H,3-5,10-13,23H2,1-2H3,(H2,24,30)/t15-,17+,18+,22-/m1/s1. The third kappa shape index (κ3) is 4.06. The molecule has 3 rings (SSSR count). The molecule has 0 radical (unpaired) electrons. The highest BCUT2D eigenvalue weighted by Gasteiger charge is 2.51. The van der Waals surface area contributed by atoms with Crippen molar-refractivity contribution in [3.63, 3.8) is 0 Å². The van der Waals surface area contributed by atoms with E-state index in [-0.39, 0.29) is 5.91 Å². The molecular formula is C22H32N4O4. The predicted octanol–water partition coefficient (Wildman–Crippen LogP) is 0.0831. The summed E-state index contributed by atoms with van der Waals surface area (Å²) < 4.78 is 0. The maximum Gasteiger partial charge on any atom is 0.246 e. The van der Waals surface area contributed by atoms with Crippen LogP contribution < -0.4 is 11.5 Å². The van der Waals surface area contributed by atoms with E-state index in [1.165, 1.54) is 11.8 Å². The minimum atomic E-state index is -1.10. The van der Waals surface area contributed by atoms with Gasteiger partial charge in [0, 0.05) is 19.5 Å². The fraction of sp³-hybridized carbons (Fsp3) is 0.591. The van der Waals surface area contributed by atoms with E-state index < -0.39 is 35.5 Å². The highest BCUT2D eigenvalue weighted by Crippen LogP contribution is 2.35. The topological polar surface area (TPSA) is 130 Å². The second-order valence-electron chi connectivity index (χ2n) is 8.61. The molecule has 2 saturated heterocycles. The maximum absolute atomic E-state index is 13.5. The SMILES string of the molecule is Cc1ccc(C[C@@]2(C(N)=O)CCCN2C(=O)[C@@H]2CCCN2C(=O)[C@@H](N)[C@@H](C)O)cc1. The number of carbonyl (C=O) groups is 3. The molecule has 2 heterocycles. The molecule has 3 amide bonds. The van der Waals surface area contributed by atoms with Gasteiger partial charge in [0.05, 0.1) is 6.10 Å². The van der Waals surface area contributed by atoms with E-state index in [2.05, 4.69) is 0 Å². The van der Waals surface area contributed by atoms with Crippen LogP contribution in [0, 0.1) is 6.92 Å². The Morgan fingerprint density at radius 2 is 1.87 bits per heavy atom. The lowest BCUT2D eigenvalue weighted by Gasteiger charge is -2.39. The van der Waals surface area contributed by atoms with E-state index in [1.54, 1.807) is 4.90 Å². The van der Waals surface area contributed by atoms with Crippen LogP contribution in [-0.4, -0.2) is 69.4 Å². The van der Waals surface area contributed by atoms with Gasteiger partial charge in [-0.3, -0.25) is 14.4 Å². The van der Waals surface area contributed by atoms with E-state index in [9.17, 15) is 19.5 Å². The number of aliphatic hydroxyl groups excluding tert-OH is 1. The molecule has 8 heteroatoms. The number of likely N-dealkylation sites (tertiary alicyclic amines) is 2. The molecule has 0 bridgehead atoms. The van der Waals surface area contributed by atoms with Crippen molar-refractivity contribution in [3.05, 3.63) is 35.4 Å². The molecule has 0 aromatic heterocycles. The zero-order valence-electron chi connectivity index (χ0n) is 17.7. The van der Waals surface area contributed by atoms with Gasteiger partial charge in [0.2, 0.25) is 17.7 Å². The number of nitrogens with zero attached hydrogens (tertiary/aromatic N) is 2. The fourth-order valence-corrected chi connectivity index (χ4v) is 4.64. The Bertz CT molecular complexity index is 810. The summed E-state index contributed by atoms with van der Waals surface area (Å²) in [5.74, 6) is -1.23. The predicted molar refractivity (Wildman–Crippen MR) is 112 cm³/mol. The van der Waals surface area contributed by atoms with Crippen molar-refractivity contribution in [1.29, 1.82) is 0 Å². The number of primary amides is 1. The van der Waals surface area contributed by atoms with Gasteiger partial charge in [-0.15, -0.1) is 0 Å². The number of nitrogens with two attached hydrogens (primary N) is 2. The smallest absolute Gasteiger partial charge is 0.246 e. The van der Waals surface area contributed by atoms with Crippen LogP contribution in [-0.2, 0) is 20.8 Å². The summed E-state index contributed by atoms with van der Waals surface area (Å²) in [5.41, 5.74) is 12.6. The number of hydrogen-bond acceptors (Lipinski definition) is 5. The number of amides is 3. The summed E-state index contributed by atoms with van der Waals surface area (Å²) in [4.78, 5) is 41.9. The fourth-order valence-electron chi connectivity index (χ4n) is 4.64. The molecule has 8 nitrogen and oxygen atoms in total. The summed E-state index contributed by atoms with van der Waals surface area (Å²) in [5, 5.41) is 9.70. The second kappa shape index (κ2) is 8.73. The highest BCUT2D eigenvalue weighted by molar-refractivity contribution is 5.95. The van der Waals surface area contributed by atoms with E-state index in [4.69, 9.17) is 11.5 Å². The Balaban J connectivity index is 1.86. The van der Waals surface area contributed by atoms with Crippen LogP contribution in [0.5, 0.6) is 0 Å². The van der Waals surface area contributed by atoms with Crippen LogP contribution in [0.1, 0.15) is 43.7 Å². The van der Waals surface area contributed by atoms with Crippen LogP contribution in [0.2, 0.25) is 0 Å². The van der Waals surface area contributed by atoms with Gasteiger partial charge in [-0.1, -0.05) is 29.8 Å². The zero-order chi connectivity index (χ0) is 22.1. The molecule has 0 unspecified atom stereocenters. The zero-order valence-corrected chi connectivity index (χ0v) is 17.7. The van der Waals surface area contributed by atoms with Crippen molar-refractivity contribution in [1.82, 2.24) is 9.80 Å². The van der Waals surface area contributed by atoms with Crippen molar-refractivity contribution < 1.29 is 19.5 Å². The first-order valence-electron chi connectivity index (χ1n) is 10.6. The Morgan fingerprint density at radius 3 is 2.47 bits per heavy atom. The lowest BCUT2D eigenvalue weighted by Crippen LogP contribution is -2.62. The third-order valence-electron chi connectivity index (χ3n) is 6.46. The van der Waals surface area contributed by atoms with Crippen molar-refractivity contribution in [3.8, 4) is 0 Å². The van der Waals surface area contributed by atoms with E-state index >= 15 is 0 Å². The molecule has 4 atom stereocenters. The number of aliphatic hydroxyl groups is 1. The van der Waals surface area contributed by atoms with Crippen LogP contribution in [0.25, 0.3) is 0 Å². The average molecular weight is 417 g/mol. The van der Waals surface area contributed by atoms with Gasteiger partial charge in [0.1, 0.15) is 17.6 Å². The average Bonchev–Trinajstić information content (AvgIpc) is 3.36. The molecule has 1 aromatic carbocycles. The van der Waals surface area contributed by atoms with Gasteiger partial charge in [0.15, 0.2) is 0 Å². The number of carbonyl (C=O) groups excluding carboxylic acids is 3. The van der Waals surface area contributed by atoms with Crippen LogP contribution >= 0.6 is 0 Å². The van der Waals surface area contributed by atoms with Gasteiger partial charge in [-0.05, 0) is 45.1 Å². The Labute approximate surface area is 177 Å². The third-order valence-corrected chi connectivity index (χ3v) is 6.46. The largest absolute Gasteiger partial charge is 0.391 e. The number of hydrogen-bond donors (Lipinski definition) is 3. The first kappa shape index (κ1) is 22.2. The van der Waals surface area contributed by atoms with Gasteiger partial charge in [-0.25, -0.2) is 0 Å². The van der Waals surface area contributed by atoms with Gasteiger partial charge in [-0.2, -0.15) is 0 Å². The van der Waals surface area contributed by atoms with E-state index in [1.807, 2.05) is 31.2 Å². The minimum Gasteiger partial charge on any atom is -0.391 e. The van der Waals surface area contributed by atoms with E-state index in [0.717, 1.165) is 11.1 Å². The first-order valence-corrected chi connectivity index (χ1v) is 10.6. The van der Waals surface area contributed by atoms with Gasteiger partial charge in [0.25, 0.3) is 0 Å². The Kier molecular flexibility index (Phi) is 6.47. The Morgan fingerprint density at radius 1 is 1.20 bits per heavy atom. The van der Waals surface area contributed by atoms with Gasteiger partial charge < -0.3 is 26.4 Å². The highest BCUT2D eigenvalue weighted by atomic mass is 16.3. The molecule has 0 spiro atoms. The van der Waals surface area contributed by atoms with Crippen molar-refractivity contribution >= 4 is 17.7 Å². The summed E-state index contributed by atoms with van der Waals surface area (Å²) in [6.07, 6.45) is 1.69. The molecule has 0 saturated carbocycles. The summed E-state index contributed by atoms with van der Waals surface area (Å²) >= 11 is 0. The van der Waals surface area contributed by atoms with Crippen LogP contribution in [0.15, 0.2) is 24.3 Å². The molecular weight excluding hydrogens is 384 g/mol. The quantitative estimate of drug-likeness (QED) is 0.605. The van der Waals surface area contributed by atoms with Crippen LogP contribution in [0.3, 0.4) is 0 Å². The normalized spacial score (nSPS) is 25.9. The summed E-state index contributed by atoms with van der Waals surface area (Å²) in [6, 6.07) is 6.09. The number of benzene rings is 1. The van der Waals surface area contributed by atoms with Crippen molar-refractivity contribution in [2.45, 2.75) is 69.7 Å². The van der Waals surface area contributed by atoms with Crippen LogP contribution in [0.4, 0.5) is 0 Å². The Hall–Kier alpha value is -2.45.